The van der Waals surface area contributed by atoms with E-state index in [4.69, 9.17) is 23.2 Å². The third kappa shape index (κ3) is 5.61. The van der Waals surface area contributed by atoms with Gasteiger partial charge in [-0.1, -0.05) is 23.2 Å². The number of rotatable bonds is 4. The quantitative estimate of drug-likeness (QED) is 0.825. The molecule has 0 bridgehead atoms. The van der Waals surface area contributed by atoms with E-state index in [2.05, 4.69) is 10.6 Å². The number of halogens is 2. The van der Waals surface area contributed by atoms with Crippen molar-refractivity contribution in [3.63, 3.8) is 0 Å². The Kier molecular flexibility index (Phi) is 6.65. The van der Waals surface area contributed by atoms with Crippen molar-refractivity contribution in [3.8, 4) is 0 Å². The highest BCUT2D eigenvalue weighted by molar-refractivity contribution is 8.00. The van der Waals surface area contributed by atoms with Gasteiger partial charge in [-0.25, -0.2) is 4.79 Å². The molecule has 7 heteroatoms. The molecule has 0 heterocycles. The molecule has 0 spiro atoms. The number of hydrogen-bond acceptors (Lipinski definition) is 3. The second-order valence-corrected chi connectivity index (χ2v) is 6.68. The molecular formula is C13H16Cl2N2O2S. The van der Waals surface area contributed by atoms with Crippen LogP contribution in [0.4, 0.5) is 4.79 Å². The zero-order chi connectivity index (χ0) is 15.3. The van der Waals surface area contributed by atoms with Crippen molar-refractivity contribution in [2.45, 2.75) is 37.0 Å². The van der Waals surface area contributed by atoms with Gasteiger partial charge in [-0.2, -0.15) is 0 Å². The van der Waals surface area contributed by atoms with Gasteiger partial charge >= 0.3 is 6.03 Å². The normalized spacial score (nSPS) is 12.1. The number of urea groups is 1. The molecule has 0 radical (unpaired) electrons. The van der Waals surface area contributed by atoms with Crippen LogP contribution in [0.2, 0.25) is 10.0 Å². The fourth-order valence-corrected chi connectivity index (χ4v) is 2.73. The molecule has 1 rings (SSSR count). The average molecular weight is 335 g/mol. The Hall–Kier alpha value is -0.910. The first-order valence-electron chi connectivity index (χ1n) is 6.02. The van der Waals surface area contributed by atoms with Crippen molar-refractivity contribution in [1.82, 2.24) is 10.6 Å². The van der Waals surface area contributed by atoms with Crippen LogP contribution in [-0.2, 0) is 4.79 Å². The van der Waals surface area contributed by atoms with Crippen LogP contribution in [0.1, 0.15) is 20.8 Å². The number of carbonyl (C=O) groups is 2. The van der Waals surface area contributed by atoms with Crippen molar-refractivity contribution in [2.75, 3.05) is 0 Å². The van der Waals surface area contributed by atoms with Crippen LogP contribution in [0.5, 0.6) is 0 Å². The van der Waals surface area contributed by atoms with Crippen LogP contribution < -0.4 is 10.6 Å². The van der Waals surface area contributed by atoms with Crippen LogP contribution in [0.25, 0.3) is 0 Å². The molecule has 0 unspecified atom stereocenters. The van der Waals surface area contributed by atoms with E-state index in [-0.39, 0.29) is 11.9 Å². The van der Waals surface area contributed by atoms with Gasteiger partial charge in [0.05, 0.1) is 10.3 Å². The predicted octanol–water partition coefficient (Wildman–Crippen LogP) is 3.71. The van der Waals surface area contributed by atoms with Crippen LogP contribution in [0.15, 0.2) is 23.1 Å². The van der Waals surface area contributed by atoms with Crippen LogP contribution in [-0.4, -0.2) is 23.2 Å². The number of carbonyl (C=O) groups excluding carboxylic acids is 2. The molecule has 2 N–H and O–H groups in total. The standard InChI is InChI=1S/C13H16Cl2N2O2S/c1-7(2)16-13(19)17-12(18)8(3)20-11-6-9(14)4-5-10(11)15/h4-8H,1-3H3,(H2,16,17,18,19)/t8-/m0/s1. The number of hydrogen-bond donors (Lipinski definition) is 2. The lowest BCUT2D eigenvalue weighted by atomic mass is 10.4. The molecule has 0 aliphatic rings. The molecule has 20 heavy (non-hydrogen) atoms. The Morgan fingerprint density at radius 1 is 1.20 bits per heavy atom. The maximum atomic E-state index is 11.9. The lowest BCUT2D eigenvalue weighted by molar-refractivity contribution is -0.119. The summed E-state index contributed by atoms with van der Waals surface area (Å²) < 4.78 is 0. The Bertz CT molecular complexity index is 509. The van der Waals surface area contributed by atoms with Gasteiger partial charge in [0.1, 0.15) is 0 Å². The number of benzene rings is 1. The first kappa shape index (κ1) is 17.1. The molecule has 3 amide bonds. The van der Waals surface area contributed by atoms with Crippen LogP contribution in [0, 0.1) is 0 Å². The first-order valence-corrected chi connectivity index (χ1v) is 7.66. The van der Waals surface area contributed by atoms with Gasteiger partial charge in [-0.05, 0) is 39.0 Å². The molecule has 0 aliphatic heterocycles. The molecule has 110 valence electrons. The van der Waals surface area contributed by atoms with Gasteiger partial charge in [-0.15, -0.1) is 11.8 Å². The third-order valence-corrected chi connectivity index (χ3v) is 4.06. The Morgan fingerprint density at radius 2 is 1.85 bits per heavy atom. The molecular weight excluding hydrogens is 319 g/mol. The van der Waals surface area contributed by atoms with Crippen molar-refractivity contribution in [3.05, 3.63) is 28.2 Å². The summed E-state index contributed by atoms with van der Waals surface area (Å²) in [5.74, 6) is -0.385. The Balaban J connectivity index is 2.61. The summed E-state index contributed by atoms with van der Waals surface area (Å²) in [6.45, 7) is 5.32. The molecule has 1 aromatic carbocycles. The molecule has 4 nitrogen and oxygen atoms in total. The van der Waals surface area contributed by atoms with E-state index in [0.29, 0.717) is 14.9 Å². The van der Waals surface area contributed by atoms with Gasteiger partial charge in [0, 0.05) is 16.0 Å². The number of amides is 3. The zero-order valence-corrected chi connectivity index (χ0v) is 13.7. The van der Waals surface area contributed by atoms with Crippen molar-refractivity contribution < 1.29 is 9.59 Å². The highest BCUT2D eigenvalue weighted by Gasteiger charge is 2.18. The molecule has 0 aromatic heterocycles. The topological polar surface area (TPSA) is 58.2 Å². The minimum Gasteiger partial charge on any atom is -0.336 e. The van der Waals surface area contributed by atoms with Gasteiger partial charge in [-0.3, -0.25) is 10.1 Å². The van der Waals surface area contributed by atoms with E-state index < -0.39 is 11.3 Å². The van der Waals surface area contributed by atoms with Gasteiger partial charge in [0.25, 0.3) is 0 Å². The van der Waals surface area contributed by atoms with E-state index >= 15 is 0 Å². The van der Waals surface area contributed by atoms with E-state index in [1.165, 1.54) is 11.8 Å². The highest BCUT2D eigenvalue weighted by atomic mass is 35.5. The van der Waals surface area contributed by atoms with Crippen molar-refractivity contribution in [1.29, 1.82) is 0 Å². The summed E-state index contributed by atoms with van der Waals surface area (Å²) >= 11 is 13.2. The highest BCUT2D eigenvalue weighted by Crippen LogP contribution is 2.32. The number of thioether (sulfide) groups is 1. The minimum atomic E-state index is -0.505. The maximum Gasteiger partial charge on any atom is 0.321 e. The summed E-state index contributed by atoms with van der Waals surface area (Å²) in [5.41, 5.74) is 0. The van der Waals surface area contributed by atoms with Crippen molar-refractivity contribution in [2.24, 2.45) is 0 Å². The summed E-state index contributed by atoms with van der Waals surface area (Å²) in [4.78, 5) is 24.0. The lowest BCUT2D eigenvalue weighted by Crippen LogP contribution is -2.45. The molecule has 1 atom stereocenters. The van der Waals surface area contributed by atoms with E-state index in [1.54, 1.807) is 25.1 Å². The Labute approximate surface area is 132 Å². The summed E-state index contributed by atoms with van der Waals surface area (Å²) in [5, 5.41) is 5.46. The molecule has 0 saturated heterocycles. The fourth-order valence-electron chi connectivity index (χ4n) is 1.32. The van der Waals surface area contributed by atoms with Gasteiger partial charge in [0.15, 0.2) is 0 Å². The zero-order valence-electron chi connectivity index (χ0n) is 11.4. The smallest absolute Gasteiger partial charge is 0.321 e. The van der Waals surface area contributed by atoms with Gasteiger partial charge in [0.2, 0.25) is 5.91 Å². The monoisotopic (exact) mass is 334 g/mol. The van der Waals surface area contributed by atoms with E-state index in [9.17, 15) is 9.59 Å². The second-order valence-electron chi connectivity index (χ2n) is 4.45. The molecule has 0 saturated carbocycles. The number of nitrogens with one attached hydrogen (secondary N) is 2. The molecule has 0 aliphatic carbocycles. The van der Waals surface area contributed by atoms with E-state index in [1.807, 2.05) is 13.8 Å². The molecule has 0 fully saturated rings. The maximum absolute atomic E-state index is 11.9. The van der Waals surface area contributed by atoms with Crippen molar-refractivity contribution >= 4 is 46.9 Å². The predicted molar refractivity (Wildman–Crippen MR) is 83.6 cm³/mol. The van der Waals surface area contributed by atoms with E-state index in [0.717, 1.165) is 0 Å². The second kappa shape index (κ2) is 7.76. The average Bonchev–Trinajstić information content (AvgIpc) is 2.32. The minimum absolute atomic E-state index is 0.0341. The largest absolute Gasteiger partial charge is 0.336 e. The summed E-state index contributed by atoms with van der Waals surface area (Å²) in [6.07, 6.45) is 0. The van der Waals surface area contributed by atoms with Crippen LogP contribution >= 0.6 is 35.0 Å². The first-order chi connectivity index (χ1) is 9.29. The van der Waals surface area contributed by atoms with Crippen LogP contribution in [0.3, 0.4) is 0 Å². The lowest BCUT2D eigenvalue weighted by Gasteiger charge is -2.14. The Morgan fingerprint density at radius 3 is 2.45 bits per heavy atom. The summed E-state index contributed by atoms with van der Waals surface area (Å²) in [7, 11) is 0. The SMILES string of the molecule is CC(C)NC(=O)NC(=O)[C@H](C)Sc1cc(Cl)ccc1Cl. The molecule has 1 aromatic rings. The van der Waals surface area contributed by atoms with Gasteiger partial charge < -0.3 is 5.32 Å². The fraction of sp³-hybridized carbons (Fsp3) is 0.385. The summed E-state index contributed by atoms with van der Waals surface area (Å²) in [6, 6.07) is 4.49. The number of imide groups is 1. The third-order valence-electron chi connectivity index (χ3n) is 2.22.